The third-order valence-electron chi connectivity index (χ3n) is 8.17. The van der Waals surface area contributed by atoms with Crippen LogP contribution >= 0.6 is 0 Å². The minimum absolute atomic E-state index is 0.0981. The van der Waals surface area contributed by atoms with Crippen molar-refractivity contribution < 1.29 is 38.2 Å². The van der Waals surface area contributed by atoms with Gasteiger partial charge in [-0.1, -0.05) is 48.5 Å². The summed E-state index contributed by atoms with van der Waals surface area (Å²) in [5, 5.41) is 7.93. The van der Waals surface area contributed by atoms with Crippen LogP contribution < -0.4 is 16.0 Å². The Morgan fingerprint density at radius 3 is 2.04 bits per heavy atom. The van der Waals surface area contributed by atoms with Crippen molar-refractivity contribution in [3.8, 4) is 11.1 Å². The fraction of sp³-hybridized carbons (Fsp3) is 0.541. The monoisotopic (exact) mass is 678 g/mol. The Morgan fingerprint density at radius 2 is 1.43 bits per heavy atom. The molecule has 12 nitrogen and oxygen atoms in total. The third-order valence-corrected chi connectivity index (χ3v) is 8.17. The van der Waals surface area contributed by atoms with Gasteiger partial charge in [0.25, 0.3) is 0 Å². The molecule has 2 aromatic carbocycles. The van der Waals surface area contributed by atoms with Crippen LogP contribution in [0.25, 0.3) is 11.1 Å². The Kier molecular flexibility index (Phi) is 12.3. The van der Waals surface area contributed by atoms with Gasteiger partial charge < -0.3 is 35.1 Å². The van der Waals surface area contributed by atoms with Gasteiger partial charge in [-0.15, -0.1) is 0 Å². The molecule has 1 saturated heterocycles. The maximum Gasteiger partial charge on any atom is 0.407 e. The molecule has 0 radical (unpaired) electrons. The van der Waals surface area contributed by atoms with E-state index < -0.39 is 59.8 Å². The first-order valence-electron chi connectivity index (χ1n) is 17.0. The summed E-state index contributed by atoms with van der Waals surface area (Å²) in [6, 6.07) is 14.3. The van der Waals surface area contributed by atoms with Crippen molar-refractivity contribution in [2.45, 2.75) is 103 Å². The molecule has 12 heteroatoms. The Labute approximate surface area is 288 Å². The van der Waals surface area contributed by atoms with E-state index in [2.05, 4.69) is 16.0 Å². The summed E-state index contributed by atoms with van der Waals surface area (Å²) in [7, 11) is 0. The summed E-state index contributed by atoms with van der Waals surface area (Å²) in [5.74, 6) is -1.59. The van der Waals surface area contributed by atoms with Gasteiger partial charge in [0.05, 0.1) is 0 Å². The number of hydrogen-bond donors (Lipinski definition) is 3. The minimum atomic E-state index is -0.957. The van der Waals surface area contributed by atoms with Crippen molar-refractivity contribution in [3.63, 3.8) is 0 Å². The molecular weight excluding hydrogens is 628 g/mol. The molecule has 49 heavy (non-hydrogen) atoms. The second kappa shape index (κ2) is 16.2. The molecule has 4 amide bonds. The fourth-order valence-corrected chi connectivity index (χ4v) is 6.13. The zero-order valence-electron chi connectivity index (χ0n) is 29.4. The van der Waals surface area contributed by atoms with Crippen LogP contribution in [0.2, 0.25) is 0 Å². The molecule has 1 aliphatic heterocycles. The predicted molar refractivity (Wildman–Crippen MR) is 184 cm³/mol. The highest BCUT2D eigenvalue weighted by molar-refractivity contribution is 5.92. The van der Waals surface area contributed by atoms with E-state index in [-0.39, 0.29) is 18.9 Å². The van der Waals surface area contributed by atoms with Crippen LogP contribution in [0.3, 0.4) is 0 Å². The first-order valence-corrected chi connectivity index (χ1v) is 17.0. The highest BCUT2D eigenvalue weighted by Gasteiger charge is 2.39. The molecule has 4 rings (SSSR count). The van der Waals surface area contributed by atoms with Gasteiger partial charge in [0.1, 0.15) is 36.4 Å². The van der Waals surface area contributed by atoms with Crippen LogP contribution in [-0.4, -0.2) is 84.4 Å². The van der Waals surface area contributed by atoms with Crippen molar-refractivity contribution >= 4 is 30.0 Å². The molecule has 1 aliphatic carbocycles. The lowest BCUT2D eigenvalue weighted by molar-refractivity contribution is -0.163. The van der Waals surface area contributed by atoms with Crippen molar-refractivity contribution in [2.24, 2.45) is 0 Å². The smallest absolute Gasteiger partial charge is 0.407 e. The SMILES string of the molecule is CC(C)(C)OC(=O)NCCCC[C@H](NC(=O)CNC(=O)OCC1c2ccccc2-c2ccccc21)C(=O)N1CCC[C@H]1C(=O)OC(C)(C)C. The molecule has 1 fully saturated rings. The van der Waals surface area contributed by atoms with E-state index in [0.717, 1.165) is 22.3 Å². The zero-order valence-corrected chi connectivity index (χ0v) is 29.4. The van der Waals surface area contributed by atoms with Crippen LogP contribution in [-0.2, 0) is 28.6 Å². The lowest BCUT2D eigenvalue weighted by atomic mass is 9.98. The molecular formula is C37H50N4O8. The standard InChI is InChI=1S/C37H50N4O8/c1-36(2,3)48-33(44)30-19-13-21-41(30)32(43)29(18-11-12-20-38-35(46)49-37(4,5)6)40-31(42)22-39-34(45)47-23-28-26-16-9-7-14-24(26)25-15-8-10-17-27(25)28/h7-10,14-17,28-30H,11-13,18-23H2,1-6H3,(H,38,46)(H,39,45)(H,40,42)/t29-,30-/m0/s1. The van der Waals surface area contributed by atoms with E-state index in [9.17, 15) is 24.0 Å². The van der Waals surface area contributed by atoms with E-state index in [1.54, 1.807) is 41.5 Å². The number of nitrogens with one attached hydrogen (secondary N) is 3. The zero-order chi connectivity index (χ0) is 35.8. The summed E-state index contributed by atoms with van der Waals surface area (Å²) in [6.07, 6.45) is 1.05. The van der Waals surface area contributed by atoms with Crippen molar-refractivity contribution in [3.05, 3.63) is 59.7 Å². The largest absolute Gasteiger partial charge is 0.458 e. The maximum atomic E-state index is 13.8. The highest BCUT2D eigenvalue weighted by Crippen LogP contribution is 2.44. The van der Waals surface area contributed by atoms with Gasteiger partial charge in [-0.2, -0.15) is 0 Å². The second-order valence-corrected chi connectivity index (χ2v) is 14.4. The number of esters is 1. The topological polar surface area (TPSA) is 152 Å². The number of rotatable bonds is 12. The van der Waals surface area contributed by atoms with Gasteiger partial charge in [0, 0.05) is 19.0 Å². The Morgan fingerprint density at radius 1 is 0.816 bits per heavy atom. The van der Waals surface area contributed by atoms with E-state index >= 15 is 0 Å². The molecule has 2 aliphatic rings. The van der Waals surface area contributed by atoms with Crippen LogP contribution in [0.1, 0.15) is 90.7 Å². The number of carbonyl (C=O) groups is 5. The average Bonchev–Trinajstić information content (AvgIpc) is 3.64. The van der Waals surface area contributed by atoms with Crippen LogP contribution in [0, 0.1) is 0 Å². The first-order chi connectivity index (χ1) is 23.1. The van der Waals surface area contributed by atoms with Gasteiger partial charge >= 0.3 is 18.2 Å². The number of fused-ring (bicyclic) bond motifs is 3. The van der Waals surface area contributed by atoms with Crippen LogP contribution in [0.4, 0.5) is 9.59 Å². The molecule has 2 aromatic rings. The second-order valence-electron chi connectivity index (χ2n) is 14.4. The minimum Gasteiger partial charge on any atom is -0.458 e. The fourth-order valence-electron chi connectivity index (χ4n) is 6.13. The highest BCUT2D eigenvalue weighted by atomic mass is 16.6. The quantitative estimate of drug-likeness (QED) is 0.161. The van der Waals surface area contributed by atoms with Crippen LogP contribution in [0.5, 0.6) is 0 Å². The molecule has 1 heterocycles. The Balaban J connectivity index is 1.33. The third kappa shape index (κ3) is 10.7. The first kappa shape index (κ1) is 37.2. The molecule has 2 atom stereocenters. The Hall–Kier alpha value is -4.61. The van der Waals surface area contributed by atoms with Gasteiger partial charge in [-0.05, 0) is 95.9 Å². The number of benzene rings is 2. The normalized spacial score (nSPS) is 16.2. The van der Waals surface area contributed by atoms with Gasteiger partial charge in [0.15, 0.2) is 0 Å². The number of carbonyl (C=O) groups excluding carboxylic acids is 5. The average molecular weight is 679 g/mol. The number of hydrogen-bond acceptors (Lipinski definition) is 8. The summed E-state index contributed by atoms with van der Waals surface area (Å²) in [6.45, 7) is 11.0. The maximum absolute atomic E-state index is 13.8. The number of ether oxygens (including phenoxy) is 3. The van der Waals surface area contributed by atoms with E-state index in [1.807, 2.05) is 48.5 Å². The molecule has 3 N–H and O–H groups in total. The summed E-state index contributed by atoms with van der Waals surface area (Å²) >= 11 is 0. The van der Waals surface area contributed by atoms with E-state index in [0.29, 0.717) is 38.8 Å². The van der Waals surface area contributed by atoms with E-state index in [4.69, 9.17) is 14.2 Å². The molecule has 0 saturated carbocycles. The van der Waals surface area contributed by atoms with Crippen molar-refractivity contribution in [1.82, 2.24) is 20.9 Å². The van der Waals surface area contributed by atoms with Crippen molar-refractivity contribution in [2.75, 3.05) is 26.2 Å². The van der Waals surface area contributed by atoms with Crippen LogP contribution in [0.15, 0.2) is 48.5 Å². The molecule has 0 aromatic heterocycles. The summed E-state index contributed by atoms with van der Waals surface area (Å²) < 4.78 is 16.4. The number of nitrogens with zero attached hydrogens (tertiary/aromatic N) is 1. The lowest BCUT2D eigenvalue weighted by Crippen LogP contribution is -2.53. The van der Waals surface area contributed by atoms with Gasteiger partial charge in [0.2, 0.25) is 11.8 Å². The molecule has 0 bridgehead atoms. The number of likely N-dealkylation sites (tertiary alicyclic amines) is 1. The number of alkyl carbamates (subject to hydrolysis) is 2. The van der Waals surface area contributed by atoms with Gasteiger partial charge in [-0.25, -0.2) is 14.4 Å². The molecule has 0 spiro atoms. The lowest BCUT2D eigenvalue weighted by Gasteiger charge is -2.30. The van der Waals surface area contributed by atoms with Gasteiger partial charge in [-0.3, -0.25) is 9.59 Å². The summed E-state index contributed by atoms with van der Waals surface area (Å²) in [4.78, 5) is 65.9. The predicted octanol–water partition coefficient (Wildman–Crippen LogP) is 5.04. The number of unbranched alkanes of at least 4 members (excludes halogenated alkanes) is 1. The molecule has 0 unspecified atom stereocenters. The van der Waals surface area contributed by atoms with E-state index in [1.165, 1.54) is 4.90 Å². The number of amides is 4. The Bertz CT molecular complexity index is 1470. The summed E-state index contributed by atoms with van der Waals surface area (Å²) in [5.41, 5.74) is 3.02. The molecule has 266 valence electrons. The van der Waals surface area contributed by atoms with Crippen molar-refractivity contribution in [1.29, 1.82) is 0 Å².